The van der Waals surface area contributed by atoms with Crippen LogP contribution in [0.3, 0.4) is 0 Å². The fourth-order valence-corrected chi connectivity index (χ4v) is 2.85. The average Bonchev–Trinajstić information content (AvgIpc) is 2.66. The molecule has 0 aromatic heterocycles. The Bertz CT molecular complexity index is 556. The van der Waals surface area contributed by atoms with Crippen molar-refractivity contribution in [2.75, 3.05) is 20.1 Å². The molecule has 0 bridgehead atoms. The Morgan fingerprint density at radius 1 is 1.11 bits per heavy atom. The van der Waals surface area contributed by atoms with E-state index in [1.807, 2.05) is 43.0 Å². The number of carbonyl (C=O) groups excluding carboxylic acids is 1. The van der Waals surface area contributed by atoms with Crippen LogP contribution in [0.4, 0.5) is 0 Å². The Kier molecular flexibility index (Phi) is 14.0. The fraction of sp³-hybridized carbons (Fsp3) is 0.619. The first-order valence-electron chi connectivity index (χ1n) is 9.91. The highest BCUT2D eigenvalue weighted by Crippen LogP contribution is 2.08. The second kappa shape index (κ2) is 14.7. The lowest BCUT2D eigenvalue weighted by atomic mass is 10.1. The molecule has 1 amide bonds. The number of nitrogens with zero attached hydrogens (tertiary/aromatic N) is 2. The number of guanidine groups is 1. The van der Waals surface area contributed by atoms with E-state index in [0.29, 0.717) is 12.6 Å². The number of hydrogen-bond donors (Lipinski definition) is 2. The summed E-state index contributed by atoms with van der Waals surface area (Å²) in [4.78, 5) is 18.5. The minimum absolute atomic E-state index is 0. The van der Waals surface area contributed by atoms with E-state index >= 15 is 0 Å². The van der Waals surface area contributed by atoms with Crippen LogP contribution >= 0.6 is 24.0 Å². The van der Waals surface area contributed by atoms with Gasteiger partial charge in [-0.1, -0.05) is 38.3 Å². The summed E-state index contributed by atoms with van der Waals surface area (Å²) in [5.41, 5.74) is 1.87. The maximum absolute atomic E-state index is 12.3. The predicted molar refractivity (Wildman–Crippen MR) is 126 cm³/mol. The first-order chi connectivity index (χ1) is 12.5. The summed E-state index contributed by atoms with van der Waals surface area (Å²) in [7, 11) is 1.79. The first kappa shape index (κ1) is 25.7. The van der Waals surface area contributed by atoms with E-state index < -0.39 is 0 Å². The highest BCUT2D eigenvalue weighted by Gasteiger charge is 2.12. The number of rotatable bonds is 10. The van der Waals surface area contributed by atoms with Gasteiger partial charge < -0.3 is 15.5 Å². The Morgan fingerprint density at radius 3 is 2.26 bits per heavy atom. The lowest BCUT2D eigenvalue weighted by Crippen LogP contribution is -2.41. The first-order valence-corrected chi connectivity index (χ1v) is 9.91. The number of aliphatic imine (C=N–C) groups is 1. The molecule has 1 aromatic rings. The smallest absolute Gasteiger partial charge is 0.253 e. The van der Waals surface area contributed by atoms with Crippen LogP contribution in [-0.4, -0.2) is 42.9 Å². The molecule has 154 valence electrons. The maximum atomic E-state index is 12.3. The van der Waals surface area contributed by atoms with Gasteiger partial charge in [0.15, 0.2) is 5.96 Å². The van der Waals surface area contributed by atoms with Gasteiger partial charge in [-0.2, -0.15) is 0 Å². The standard InChI is InChI=1S/C21H36N4O.HI/c1-6-9-10-11-17(4)24-21(22-5)23-16-18-12-14-19(15-13-18)20(26)25(7-2)8-3;/h12-15,17H,6-11,16H2,1-5H3,(H2,22,23,24);1H. The number of unbranched alkanes of at least 4 members (excludes halogenated alkanes) is 2. The number of amides is 1. The third-order valence-electron chi connectivity index (χ3n) is 4.56. The van der Waals surface area contributed by atoms with Crippen molar-refractivity contribution in [3.05, 3.63) is 35.4 Å². The van der Waals surface area contributed by atoms with Gasteiger partial charge >= 0.3 is 0 Å². The van der Waals surface area contributed by atoms with E-state index in [4.69, 9.17) is 0 Å². The van der Waals surface area contributed by atoms with Gasteiger partial charge in [0, 0.05) is 38.3 Å². The molecule has 0 saturated carbocycles. The van der Waals surface area contributed by atoms with Crippen LogP contribution < -0.4 is 10.6 Å². The maximum Gasteiger partial charge on any atom is 0.253 e. The molecule has 1 rings (SSSR count). The molecule has 27 heavy (non-hydrogen) atoms. The minimum Gasteiger partial charge on any atom is -0.354 e. The zero-order valence-electron chi connectivity index (χ0n) is 17.5. The molecule has 0 aliphatic carbocycles. The van der Waals surface area contributed by atoms with E-state index in [9.17, 15) is 4.79 Å². The molecule has 0 spiro atoms. The number of halogens is 1. The molecule has 1 atom stereocenters. The Morgan fingerprint density at radius 2 is 1.74 bits per heavy atom. The highest BCUT2D eigenvalue weighted by molar-refractivity contribution is 14.0. The van der Waals surface area contributed by atoms with E-state index in [0.717, 1.165) is 36.6 Å². The van der Waals surface area contributed by atoms with Crippen LogP contribution in [0.15, 0.2) is 29.3 Å². The lowest BCUT2D eigenvalue weighted by molar-refractivity contribution is 0.0773. The number of carbonyl (C=O) groups is 1. The molecular formula is C21H37IN4O. The lowest BCUT2D eigenvalue weighted by Gasteiger charge is -2.19. The van der Waals surface area contributed by atoms with Gasteiger partial charge in [0.05, 0.1) is 0 Å². The van der Waals surface area contributed by atoms with Crippen LogP contribution in [0, 0.1) is 0 Å². The molecular weight excluding hydrogens is 451 g/mol. The molecule has 0 aliphatic rings. The highest BCUT2D eigenvalue weighted by atomic mass is 127. The zero-order valence-corrected chi connectivity index (χ0v) is 19.9. The summed E-state index contributed by atoms with van der Waals surface area (Å²) in [6.07, 6.45) is 4.91. The topological polar surface area (TPSA) is 56.7 Å². The molecule has 1 aromatic carbocycles. The summed E-state index contributed by atoms with van der Waals surface area (Å²) in [5, 5.41) is 6.78. The van der Waals surface area contributed by atoms with Crippen LogP contribution in [0.2, 0.25) is 0 Å². The molecule has 0 aliphatic heterocycles. The molecule has 0 fully saturated rings. The van der Waals surface area contributed by atoms with E-state index in [1.165, 1.54) is 19.3 Å². The minimum atomic E-state index is 0. The van der Waals surface area contributed by atoms with E-state index in [2.05, 4.69) is 29.5 Å². The van der Waals surface area contributed by atoms with Gasteiger partial charge in [-0.05, 0) is 44.9 Å². The summed E-state index contributed by atoms with van der Waals surface area (Å²) in [6, 6.07) is 8.22. The monoisotopic (exact) mass is 488 g/mol. The van der Waals surface area contributed by atoms with Crippen molar-refractivity contribution in [1.82, 2.24) is 15.5 Å². The van der Waals surface area contributed by atoms with Crippen LogP contribution in [-0.2, 0) is 6.54 Å². The van der Waals surface area contributed by atoms with Crippen molar-refractivity contribution in [3.8, 4) is 0 Å². The molecule has 0 heterocycles. The Hall–Kier alpha value is -1.31. The van der Waals surface area contributed by atoms with Gasteiger partial charge in [-0.3, -0.25) is 9.79 Å². The number of hydrogen-bond acceptors (Lipinski definition) is 2. The third-order valence-corrected chi connectivity index (χ3v) is 4.56. The van der Waals surface area contributed by atoms with Crippen LogP contribution in [0.25, 0.3) is 0 Å². The van der Waals surface area contributed by atoms with E-state index in [-0.39, 0.29) is 29.9 Å². The predicted octanol–water partition coefficient (Wildman–Crippen LogP) is 4.42. The fourth-order valence-electron chi connectivity index (χ4n) is 2.85. The molecule has 1 unspecified atom stereocenters. The Labute approximate surface area is 182 Å². The van der Waals surface area contributed by atoms with E-state index in [1.54, 1.807) is 7.05 Å². The van der Waals surface area contributed by atoms with Crippen molar-refractivity contribution >= 4 is 35.8 Å². The summed E-state index contributed by atoms with van der Waals surface area (Å²) < 4.78 is 0. The summed E-state index contributed by atoms with van der Waals surface area (Å²) in [6.45, 7) is 10.6. The second-order valence-corrected chi connectivity index (χ2v) is 6.64. The summed E-state index contributed by atoms with van der Waals surface area (Å²) >= 11 is 0. The average molecular weight is 488 g/mol. The number of benzene rings is 1. The number of nitrogens with one attached hydrogen (secondary N) is 2. The quantitative estimate of drug-likeness (QED) is 0.222. The van der Waals surface area contributed by atoms with Gasteiger partial charge in [0.2, 0.25) is 0 Å². The van der Waals surface area contributed by atoms with Gasteiger partial charge in [0.25, 0.3) is 5.91 Å². The van der Waals surface area contributed by atoms with Crippen molar-refractivity contribution in [1.29, 1.82) is 0 Å². The molecule has 2 N–H and O–H groups in total. The van der Waals surface area contributed by atoms with Crippen molar-refractivity contribution < 1.29 is 4.79 Å². The Balaban J connectivity index is 0.00000676. The molecule has 0 radical (unpaired) electrons. The molecule has 0 saturated heterocycles. The SMILES string of the molecule is CCCCCC(C)NC(=NC)NCc1ccc(C(=O)N(CC)CC)cc1.I. The largest absolute Gasteiger partial charge is 0.354 e. The van der Waals surface area contributed by atoms with Crippen LogP contribution in [0.1, 0.15) is 69.3 Å². The van der Waals surface area contributed by atoms with Gasteiger partial charge in [0.1, 0.15) is 0 Å². The van der Waals surface area contributed by atoms with Gasteiger partial charge in [-0.15, -0.1) is 24.0 Å². The molecule has 5 nitrogen and oxygen atoms in total. The zero-order chi connectivity index (χ0) is 19.4. The van der Waals surface area contributed by atoms with Crippen molar-refractivity contribution in [2.24, 2.45) is 4.99 Å². The second-order valence-electron chi connectivity index (χ2n) is 6.64. The third kappa shape index (κ3) is 9.44. The van der Waals surface area contributed by atoms with Crippen LogP contribution in [0.5, 0.6) is 0 Å². The summed E-state index contributed by atoms with van der Waals surface area (Å²) in [5.74, 6) is 0.908. The molecule has 6 heteroatoms. The van der Waals surface area contributed by atoms with Crippen molar-refractivity contribution in [3.63, 3.8) is 0 Å². The normalized spacial score (nSPS) is 12.1. The van der Waals surface area contributed by atoms with Gasteiger partial charge in [-0.25, -0.2) is 0 Å². The van der Waals surface area contributed by atoms with Crippen molar-refractivity contribution in [2.45, 2.75) is 66.0 Å².